The average molecular weight is 433 g/mol. The molecule has 32 heavy (non-hydrogen) atoms. The van der Waals surface area contributed by atoms with Crippen molar-refractivity contribution in [2.24, 2.45) is 0 Å². The molecule has 2 N–H and O–H groups in total. The van der Waals surface area contributed by atoms with Crippen LogP contribution in [0.25, 0.3) is 33.1 Å². The minimum Gasteiger partial charge on any atom is -0.376 e. The van der Waals surface area contributed by atoms with Gasteiger partial charge in [0.25, 0.3) is 5.91 Å². The molecule has 4 aromatic rings. The molecule has 1 aliphatic rings. The van der Waals surface area contributed by atoms with Gasteiger partial charge in [0.15, 0.2) is 0 Å². The van der Waals surface area contributed by atoms with E-state index in [1.165, 1.54) is 6.07 Å². The Morgan fingerprint density at radius 2 is 2.12 bits per heavy atom. The highest BCUT2D eigenvalue weighted by molar-refractivity contribution is 6.07. The van der Waals surface area contributed by atoms with Gasteiger partial charge in [-0.05, 0) is 56.4 Å². The topological polar surface area (TPSA) is 83.1 Å². The number of ether oxygens (including phenoxy) is 1. The van der Waals surface area contributed by atoms with Crippen LogP contribution in [0, 0.1) is 5.82 Å². The molecule has 7 nitrogen and oxygen atoms in total. The Hall–Kier alpha value is -3.36. The van der Waals surface area contributed by atoms with E-state index in [9.17, 15) is 4.79 Å². The lowest BCUT2D eigenvalue weighted by Gasteiger charge is -2.22. The standard InChI is InChI=1S/C24H24FN5O2/c1-30(2)9-8-26-24(31)14-3-4-16(19(25)11-14)23-18-13-32-10-7-15(18)22-17-12-27-29-20(17)5-6-21(22)28-23/h3-6,11-12H,7-10,13H2,1-2H3,(H,26,31)(H,27,29). The molecule has 0 atom stereocenters. The Kier molecular flexibility index (Phi) is 5.32. The van der Waals surface area contributed by atoms with Crippen molar-refractivity contribution in [1.82, 2.24) is 25.4 Å². The lowest BCUT2D eigenvalue weighted by Crippen LogP contribution is -2.31. The van der Waals surface area contributed by atoms with Crippen molar-refractivity contribution in [1.29, 1.82) is 0 Å². The average Bonchev–Trinajstić information content (AvgIpc) is 3.27. The van der Waals surface area contributed by atoms with Crippen molar-refractivity contribution < 1.29 is 13.9 Å². The van der Waals surface area contributed by atoms with Gasteiger partial charge in [0, 0.05) is 40.6 Å². The maximum absolute atomic E-state index is 15.2. The van der Waals surface area contributed by atoms with Crippen LogP contribution in [-0.2, 0) is 17.8 Å². The molecule has 8 heteroatoms. The fourth-order valence-corrected chi connectivity index (χ4v) is 4.24. The van der Waals surface area contributed by atoms with E-state index in [4.69, 9.17) is 9.72 Å². The SMILES string of the molecule is CN(C)CCNC(=O)c1ccc(-c2nc3ccc4[nH]ncc4c3c3c2COCC3)c(F)c1. The first-order chi connectivity index (χ1) is 15.5. The highest BCUT2D eigenvalue weighted by atomic mass is 19.1. The molecule has 0 unspecified atom stereocenters. The van der Waals surface area contributed by atoms with Crippen LogP contribution in [0.5, 0.6) is 0 Å². The molecule has 164 valence electrons. The van der Waals surface area contributed by atoms with Gasteiger partial charge in [-0.15, -0.1) is 0 Å². The number of aromatic amines is 1. The number of halogens is 1. The Morgan fingerprint density at radius 3 is 2.94 bits per heavy atom. The molecule has 0 bridgehead atoms. The Balaban J connectivity index is 1.57. The highest BCUT2D eigenvalue weighted by Gasteiger charge is 2.23. The summed E-state index contributed by atoms with van der Waals surface area (Å²) in [5, 5.41) is 12.0. The third kappa shape index (κ3) is 3.61. The first kappa shape index (κ1) is 20.5. The van der Waals surface area contributed by atoms with Gasteiger partial charge in [0.1, 0.15) is 5.82 Å². The van der Waals surface area contributed by atoms with E-state index in [2.05, 4.69) is 15.5 Å². The number of nitrogens with zero attached hydrogens (tertiary/aromatic N) is 3. The van der Waals surface area contributed by atoms with Crippen molar-refractivity contribution in [3.05, 3.63) is 59.0 Å². The molecular formula is C24H24FN5O2. The molecule has 0 saturated carbocycles. The monoisotopic (exact) mass is 433 g/mol. The van der Waals surface area contributed by atoms with E-state index < -0.39 is 5.82 Å². The second-order valence-corrected chi connectivity index (χ2v) is 8.26. The lowest BCUT2D eigenvalue weighted by molar-refractivity contribution is 0.0950. The number of hydrogen-bond donors (Lipinski definition) is 2. The summed E-state index contributed by atoms with van der Waals surface area (Å²) >= 11 is 0. The fourth-order valence-electron chi connectivity index (χ4n) is 4.24. The fraction of sp³-hybridized carbons (Fsp3) is 0.292. The van der Waals surface area contributed by atoms with Crippen LogP contribution in [0.4, 0.5) is 4.39 Å². The van der Waals surface area contributed by atoms with Crippen molar-refractivity contribution >= 4 is 27.7 Å². The van der Waals surface area contributed by atoms with Gasteiger partial charge in [-0.3, -0.25) is 9.89 Å². The van der Waals surface area contributed by atoms with Gasteiger partial charge < -0.3 is 15.0 Å². The molecule has 0 saturated heterocycles. The number of nitrogens with one attached hydrogen (secondary N) is 2. The predicted octanol–water partition coefficient (Wildman–Crippen LogP) is 3.28. The third-order valence-electron chi connectivity index (χ3n) is 5.86. The number of aromatic nitrogens is 3. The van der Waals surface area contributed by atoms with E-state index in [1.54, 1.807) is 18.3 Å². The number of amides is 1. The van der Waals surface area contributed by atoms with E-state index in [0.29, 0.717) is 37.6 Å². The number of rotatable bonds is 5. The molecule has 2 aromatic carbocycles. The quantitative estimate of drug-likeness (QED) is 0.505. The zero-order valence-corrected chi connectivity index (χ0v) is 18.0. The minimum absolute atomic E-state index is 0.288. The van der Waals surface area contributed by atoms with Crippen LogP contribution in [-0.4, -0.2) is 59.8 Å². The minimum atomic E-state index is -0.478. The number of pyridine rings is 1. The number of carbonyl (C=O) groups is 1. The summed E-state index contributed by atoms with van der Waals surface area (Å²) in [5.74, 6) is -0.772. The van der Waals surface area contributed by atoms with Gasteiger partial charge in [0.05, 0.1) is 36.1 Å². The molecule has 3 heterocycles. The normalized spacial score (nSPS) is 13.6. The van der Waals surface area contributed by atoms with Crippen LogP contribution < -0.4 is 5.32 Å². The van der Waals surface area contributed by atoms with Crippen molar-refractivity contribution in [2.75, 3.05) is 33.8 Å². The van der Waals surface area contributed by atoms with Crippen LogP contribution in [0.3, 0.4) is 0 Å². The first-order valence-corrected chi connectivity index (χ1v) is 10.6. The number of fused-ring (bicyclic) bond motifs is 5. The van der Waals surface area contributed by atoms with Gasteiger partial charge in [-0.25, -0.2) is 9.37 Å². The number of hydrogen-bond acceptors (Lipinski definition) is 5. The summed E-state index contributed by atoms with van der Waals surface area (Å²) in [5.41, 5.74) is 4.96. The van der Waals surface area contributed by atoms with E-state index in [1.807, 2.05) is 31.1 Å². The Morgan fingerprint density at radius 1 is 1.25 bits per heavy atom. The van der Waals surface area contributed by atoms with Gasteiger partial charge >= 0.3 is 0 Å². The molecule has 5 rings (SSSR count). The smallest absolute Gasteiger partial charge is 0.251 e. The van der Waals surface area contributed by atoms with Gasteiger partial charge in [-0.1, -0.05) is 0 Å². The number of benzene rings is 2. The van der Waals surface area contributed by atoms with Crippen molar-refractivity contribution in [2.45, 2.75) is 13.0 Å². The number of carbonyl (C=O) groups excluding carboxylic acids is 1. The Bertz CT molecular complexity index is 1330. The molecule has 0 radical (unpaired) electrons. The molecule has 1 aliphatic heterocycles. The van der Waals surface area contributed by atoms with Crippen LogP contribution in [0.15, 0.2) is 36.5 Å². The zero-order chi connectivity index (χ0) is 22.2. The third-order valence-corrected chi connectivity index (χ3v) is 5.86. The van der Waals surface area contributed by atoms with Gasteiger partial charge in [-0.2, -0.15) is 5.10 Å². The maximum atomic E-state index is 15.2. The molecular weight excluding hydrogens is 409 g/mol. The van der Waals surface area contributed by atoms with E-state index >= 15 is 4.39 Å². The van der Waals surface area contributed by atoms with E-state index in [0.717, 1.165) is 39.4 Å². The Labute approximate surface area is 184 Å². The summed E-state index contributed by atoms with van der Waals surface area (Å²) in [7, 11) is 3.86. The first-order valence-electron chi connectivity index (χ1n) is 10.6. The summed E-state index contributed by atoms with van der Waals surface area (Å²) in [6.45, 7) is 2.18. The second kappa shape index (κ2) is 8.29. The van der Waals surface area contributed by atoms with E-state index in [-0.39, 0.29) is 11.5 Å². The molecule has 1 amide bonds. The molecule has 2 aromatic heterocycles. The predicted molar refractivity (Wildman–Crippen MR) is 121 cm³/mol. The van der Waals surface area contributed by atoms with Crippen LogP contribution in [0.1, 0.15) is 21.5 Å². The number of likely N-dealkylation sites (N-methyl/N-ethyl adjacent to an activating group) is 1. The molecule has 0 fully saturated rings. The largest absolute Gasteiger partial charge is 0.376 e. The maximum Gasteiger partial charge on any atom is 0.251 e. The van der Waals surface area contributed by atoms with Gasteiger partial charge in [0.2, 0.25) is 0 Å². The zero-order valence-electron chi connectivity index (χ0n) is 18.0. The summed E-state index contributed by atoms with van der Waals surface area (Å²) in [6, 6.07) is 8.42. The lowest BCUT2D eigenvalue weighted by atomic mass is 9.92. The summed E-state index contributed by atoms with van der Waals surface area (Å²) in [4.78, 5) is 19.2. The molecule has 0 spiro atoms. The second-order valence-electron chi connectivity index (χ2n) is 8.26. The number of H-pyrrole nitrogens is 1. The summed E-state index contributed by atoms with van der Waals surface area (Å²) in [6.07, 6.45) is 2.53. The molecule has 0 aliphatic carbocycles. The highest BCUT2D eigenvalue weighted by Crippen LogP contribution is 2.37. The van der Waals surface area contributed by atoms with Crippen LogP contribution >= 0.6 is 0 Å². The van der Waals surface area contributed by atoms with Crippen molar-refractivity contribution in [3.63, 3.8) is 0 Å². The van der Waals surface area contributed by atoms with Crippen molar-refractivity contribution in [3.8, 4) is 11.3 Å². The van der Waals surface area contributed by atoms with Crippen LogP contribution in [0.2, 0.25) is 0 Å². The summed E-state index contributed by atoms with van der Waals surface area (Å²) < 4.78 is 20.9.